The van der Waals surface area contributed by atoms with E-state index in [2.05, 4.69) is 9.97 Å². The Bertz CT molecular complexity index is 768. The highest BCUT2D eigenvalue weighted by molar-refractivity contribution is 6.33. The molecule has 1 saturated carbocycles. The molecule has 8 heteroatoms. The molecule has 1 saturated heterocycles. The van der Waals surface area contributed by atoms with Crippen LogP contribution in [0.15, 0.2) is 18.6 Å². The van der Waals surface area contributed by atoms with Crippen LogP contribution in [0.25, 0.3) is 11.0 Å². The lowest BCUT2D eigenvalue weighted by Gasteiger charge is -2.26. The van der Waals surface area contributed by atoms with Gasteiger partial charge in [0.1, 0.15) is 29.3 Å². The second kappa shape index (κ2) is 4.86. The van der Waals surface area contributed by atoms with Gasteiger partial charge in [0.25, 0.3) is 0 Å². The first-order valence-electron chi connectivity index (χ1n) is 7.47. The SMILES string of the molecule is CC1(C)O[C@H]2[C@H](n3ccc4c(Cl)ncnc43)C[C@](F)(CO)[C@H]2O1. The Balaban J connectivity index is 1.80. The van der Waals surface area contributed by atoms with Crippen LogP contribution in [0.5, 0.6) is 0 Å². The molecule has 1 aliphatic heterocycles. The molecule has 4 rings (SSSR count). The van der Waals surface area contributed by atoms with Crippen molar-refractivity contribution in [2.75, 3.05) is 6.61 Å². The lowest BCUT2D eigenvalue weighted by molar-refractivity contribution is -0.174. The molecule has 2 aliphatic rings. The smallest absolute Gasteiger partial charge is 0.164 e. The zero-order chi connectivity index (χ0) is 16.4. The van der Waals surface area contributed by atoms with Gasteiger partial charge in [-0.2, -0.15) is 0 Å². The fourth-order valence-corrected chi connectivity index (χ4v) is 3.86. The molecular formula is C15H17ClFN3O3. The van der Waals surface area contributed by atoms with Crippen LogP contribution in [0.3, 0.4) is 0 Å². The summed E-state index contributed by atoms with van der Waals surface area (Å²) in [6, 6.07) is 1.45. The summed E-state index contributed by atoms with van der Waals surface area (Å²) in [6.07, 6.45) is 1.93. The second-order valence-electron chi connectivity index (χ2n) is 6.61. The lowest BCUT2D eigenvalue weighted by atomic mass is 10.0. The van der Waals surface area contributed by atoms with Crippen molar-refractivity contribution in [3.63, 3.8) is 0 Å². The van der Waals surface area contributed by atoms with Crippen molar-refractivity contribution in [1.82, 2.24) is 14.5 Å². The molecule has 2 aromatic heterocycles. The van der Waals surface area contributed by atoms with Crippen LogP contribution in [0.2, 0.25) is 5.15 Å². The van der Waals surface area contributed by atoms with Crippen molar-refractivity contribution < 1.29 is 19.0 Å². The number of hydrogen-bond acceptors (Lipinski definition) is 5. The first-order chi connectivity index (χ1) is 10.8. The van der Waals surface area contributed by atoms with E-state index in [1.54, 1.807) is 26.1 Å². The molecule has 23 heavy (non-hydrogen) atoms. The molecule has 0 unspecified atom stereocenters. The van der Waals surface area contributed by atoms with Gasteiger partial charge in [-0.05, 0) is 19.9 Å². The predicted octanol–water partition coefficient (Wildman–Crippen LogP) is 2.25. The van der Waals surface area contributed by atoms with Crippen LogP contribution < -0.4 is 0 Å². The van der Waals surface area contributed by atoms with Crippen LogP contribution in [-0.2, 0) is 9.47 Å². The zero-order valence-corrected chi connectivity index (χ0v) is 13.5. The van der Waals surface area contributed by atoms with E-state index in [1.807, 2.05) is 4.57 Å². The number of aliphatic hydroxyl groups excluding tert-OH is 1. The van der Waals surface area contributed by atoms with Crippen molar-refractivity contribution in [2.45, 2.75) is 50.0 Å². The number of aliphatic hydroxyl groups is 1. The van der Waals surface area contributed by atoms with Gasteiger partial charge in [0, 0.05) is 12.6 Å². The molecule has 0 amide bonds. The number of halogens is 2. The van der Waals surface area contributed by atoms with Crippen molar-refractivity contribution in [1.29, 1.82) is 0 Å². The highest BCUT2D eigenvalue weighted by atomic mass is 35.5. The Morgan fingerprint density at radius 1 is 1.43 bits per heavy atom. The molecule has 2 fully saturated rings. The minimum atomic E-state index is -1.85. The summed E-state index contributed by atoms with van der Waals surface area (Å²) in [5.41, 5.74) is -1.24. The second-order valence-corrected chi connectivity index (χ2v) is 6.97. The number of ether oxygens (including phenoxy) is 2. The van der Waals surface area contributed by atoms with E-state index in [1.165, 1.54) is 6.33 Å². The summed E-state index contributed by atoms with van der Waals surface area (Å²) >= 11 is 6.08. The van der Waals surface area contributed by atoms with E-state index >= 15 is 4.39 Å². The number of alkyl halides is 1. The minimum Gasteiger partial charge on any atom is -0.393 e. The standard InChI is InChI=1S/C15H17ClFN3O3/c1-14(2)22-10-9(5-15(17,6-21)11(10)23-14)20-4-3-8-12(16)18-7-19-13(8)20/h3-4,7,9-11,21H,5-6H2,1-2H3/t9-,10+,11+,15+/m1/s1. The van der Waals surface area contributed by atoms with Gasteiger partial charge in [-0.1, -0.05) is 11.6 Å². The molecule has 6 nitrogen and oxygen atoms in total. The van der Waals surface area contributed by atoms with Crippen LogP contribution in [0.1, 0.15) is 26.3 Å². The first kappa shape index (κ1) is 15.3. The lowest BCUT2D eigenvalue weighted by Crippen LogP contribution is -2.41. The zero-order valence-electron chi connectivity index (χ0n) is 12.7. The average molecular weight is 342 g/mol. The number of aromatic nitrogens is 3. The monoisotopic (exact) mass is 341 g/mol. The van der Waals surface area contributed by atoms with Gasteiger partial charge >= 0.3 is 0 Å². The molecule has 0 spiro atoms. The van der Waals surface area contributed by atoms with E-state index in [9.17, 15) is 5.11 Å². The molecule has 124 valence electrons. The van der Waals surface area contributed by atoms with E-state index in [-0.39, 0.29) is 12.5 Å². The highest BCUT2D eigenvalue weighted by Gasteiger charge is 2.62. The van der Waals surface area contributed by atoms with Crippen molar-refractivity contribution in [3.05, 3.63) is 23.7 Å². The third-order valence-electron chi connectivity index (χ3n) is 4.65. The maximum absolute atomic E-state index is 15.1. The Morgan fingerprint density at radius 3 is 2.96 bits per heavy atom. The third kappa shape index (κ3) is 2.18. The van der Waals surface area contributed by atoms with Crippen molar-refractivity contribution in [3.8, 4) is 0 Å². The van der Waals surface area contributed by atoms with Gasteiger partial charge in [-0.25, -0.2) is 14.4 Å². The number of hydrogen-bond donors (Lipinski definition) is 1. The summed E-state index contributed by atoms with van der Waals surface area (Å²) in [6.45, 7) is 2.87. The normalized spacial score (nSPS) is 35.8. The van der Waals surface area contributed by atoms with E-state index in [4.69, 9.17) is 21.1 Å². The predicted molar refractivity (Wildman–Crippen MR) is 80.9 cm³/mol. The fourth-order valence-electron chi connectivity index (χ4n) is 3.67. The first-order valence-corrected chi connectivity index (χ1v) is 7.85. The van der Waals surface area contributed by atoms with E-state index in [0.29, 0.717) is 16.2 Å². The van der Waals surface area contributed by atoms with E-state index in [0.717, 1.165) is 0 Å². The summed E-state index contributed by atoms with van der Waals surface area (Å²) < 4.78 is 28.6. The molecule has 1 N–H and O–H groups in total. The highest BCUT2D eigenvalue weighted by Crippen LogP contribution is 2.51. The molecule has 0 radical (unpaired) electrons. The fraction of sp³-hybridized carbons (Fsp3) is 0.600. The Hall–Kier alpha value is -1.28. The summed E-state index contributed by atoms with van der Waals surface area (Å²) in [5.74, 6) is -0.893. The maximum Gasteiger partial charge on any atom is 0.164 e. The van der Waals surface area contributed by atoms with E-state index < -0.39 is 30.3 Å². The quantitative estimate of drug-likeness (QED) is 0.848. The Kier molecular flexibility index (Phi) is 3.22. The summed E-state index contributed by atoms with van der Waals surface area (Å²) in [5, 5.41) is 10.6. The van der Waals surface area contributed by atoms with Crippen molar-refractivity contribution >= 4 is 22.6 Å². The van der Waals surface area contributed by atoms with Gasteiger partial charge in [-0.15, -0.1) is 0 Å². The Labute approximate surface area is 137 Å². The van der Waals surface area contributed by atoms with Crippen molar-refractivity contribution in [2.24, 2.45) is 0 Å². The molecule has 1 aliphatic carbocycles. The molecule has 0 aromatic carbocycles. The summed E-state index contributed by atoms with van der Waals surface area (Å²) in [4.78, 5) is 8.21. The largest absolute Gasteiger partial charge is 0.393 e. The number of rotatable bonds is 2. The molecule has 0 bridgehead atoms. The summed E-state index contributed by atoms with van der Waals surface area (Å²) in [7, 11) is 0. The minimum absolute atomic E-state index is 0.0836. The Morgan fingerprint density at radius 2 is 2.22 bits per heavy atom. The molecule has 2 aromatic rings. The van der Waals surface area contributed by atoms with Crippen LogP contribution in [0, 0.1) is 0 Å². The molecule has 3 heterocycles. The number of nitrogens with zero attached hydrogens (tertiary/aromatic N) is 3. The third-order valence-corrected chi connectivity index (χ3v) is 4.95. The molecule has 4 atom stereocenters. The van der Waals surface area contributed by atoms with Crippen LogP contribution in [0.4, 0.5) is 4.39 Å². The topological polar surface area (TPSA) is 69.4 Å². The number of fused-ring (bicyclic) bond motifs is 2. The van der Waals surface area contributed by atoms with Gasteiger partial charge in [0.2, 0.25) is 0 Å². The van der Waals surface area contributed by atoms with Crippen LogP contribution >= 0.6 is 11.6 Å². The van der Waals surface area contributed by atoms with Gasteiger partial charge in [-0.3, -0.25) is 0 Å². The average Bonchev–Trinajstić information content (AvgIpc) is 3.12. The van der Waals surface area contributed by atoms with Crippen LogP contribution in [-0.4, -0.2) is 49.9 Å². The van der Waals surface area contributed by atoms with Gasteiger partial charge in [0.05, 0.1) is 18.0 Å². The molecular weight excluding hydrogens is 325 g/mol. The maximum atomic E-state index is 15.1. The van der Waals surface area contributed by atoms with Gasteiger partial charge < -0.3 is 19.1 Å². The van der Waals surface area contributed by atoms with Gasteiger partial charge in [0.15, 0.2) is 11.5 Å².